The fourth-order valence-corrected chi connectivity index (χ4v) is 2.90. The number of rotatable bonds is 7. The number of ether oxygens (including phenoxy) is 1. The van der Waals surface area contributed by atoms with Gasteiger partial charge in [-0.2, -0.15) is 0 Å². The summed E-state index contributed by atoms with van der Waals surface area (Å²) < 4.78 is 5.41. The summed E-state index contributed by atoms with van der Waals surface area (Å²) in [6, 6.07) is 6.31. The summed E-state index contributed by atoms with van der Waals surface area (Å²) in [5.41, 5.74) is 0.900. The first kappa shape index (κ1) is 15.1. The van der Waals surface area contributed by atoms with E-state index in [0.29, 0.717) is 24.9 Å². The Morgan fingerprint density at radius 3 is 3.00 bits per heavy atom. The topological polar surface area (TPSA) is 44.7 Å². The van der Waals surface area contributed by atoms with Gasteiger partial charge >= 0.3 is 0 Å². The number of phenols is 1. The van der Waals surface area contributed by atoms with Crippen molar-refractivity contribution in [1.29, 1.82) is 0 Å². The van der Waals surface area contributed by atoms with Crippen molar-refractivity contribution in [2.75, 3.05) is 26.2 Å². The molecule has 1 saturated heterocycles. The molecular formula is C16H26N2O2. The second kappa shape index (κ2) is 7.50. The minimum atomic E-state index is 0.264. The van der Waals surface area contributed by atoms with Gasteiger partial charge in [0.25, 0.3) is 0 Å². The van der Waals surface area contributed by atoms with Gasteiger partial charge in [-0.05, 0) is 38.9 Å². The molecule has 0 aliphatic carbocycles. The van der Waals surface area contributed by atoms with Crippen LogP contribution in [-0.2, 0) is 6.54 Å². The Morgan fingerprint density at radius 2 is 2.25 bits per heavy atom. The summed E-state index contributed by atoms with van der Waals surface area (Å²) in [4.78, 5) is 2.52. The van der Waals surface area contributed by atoms with Crippen molar-refractivity contribution in [3.8, 4) is 11.5 Å². The summed E-state index contributed by atoms with van der Waals surface area (Å²) in [6.45, 7) is 8.70. The van der Waals surface area contributed by atoms with Gasteiger partial charge in [-0.3, -0.25) is 4.90 Å². The Labute approximate surface area is 121 Å². The van der Waals surface area contributed by atoms with E-state index in [0.717, 1.165) is 18.7 Å². The van der Waals surface area contributed by atoms with E-state index in [-0.39, 0.29) is 5.75 Å². The first-order valence-corrected chi connectivity index (χ1v) is 7.64. The van der Waals surface area contributed by atoms with Crippen LogP contribution in [0.1, 0.15) is 32.3 Å². The van der Waals surface area contributed by atoms with E-state index in [1.54, 1.807) is 6.07 Å². The SMILES string of the molecule is CCOc1cccc(CNCC2CCCN2CC)c1O. The summed E-state index contributed by atoms with van der Waals surface area (Å²) >= 11 is 0. The number of hydrogen-bond donors (Lipinski definition) is 2. The summed E-state index contributed by atoms with van der Waals surface area (Å²) in [7, 11) is 0. The van der Waals surface area contributed by atoms with E-state index < -0.39 is 0 Å². The summed E-state index contributed by atoms with van der Waals surface area (Å²) in [5, 5.41) is 13.6. The fourth-order valence-electron chi connectivity index (χ4n) is 2.90. The van der Waals surface area contributed by atoms with E-state index in [1.165, 1.54) is 19.4 Å². The van der Waals surface area contributed by atoms with Gasteiger partial charge in [0, 0.05) is 24.7 Å². The van der Waals surface area contributed by atoms with Crippen molar-refractivity contribution in [2.45, 2.75) is 39.3 Å². The van der Waals surface area contributed by atoms with Crippen LogP contribution in [0, 0.1) is 0 Å². The second-order valence-corrected chi connectivity index (χ2v) is 5.25. The molecule has 1 aliphatic rings. The third-order valence-electron chi connectivity index (χ3n) is 3.98. The summed E-state index contributed by atoms with van der Waals surface area (Å²) in [5.74, 6) is 0.837. The molecule has 20 heavy (non-hydrogen) atoms. The maximum atomic E-state index is 10.1. The standard InChI is InChI=1S/C16H26N2O2/c1-3-18-10-6-8-14(18)12-17-11-13-7-5-9-15(16(13)19)20-4-2/h5,7,9,14,17,19H,3-4,6,8,10-12H2,1-2H3. The molecule has 1 aromatic rings. The molecule has 0 spiro atoms. The molecule has 2 N–H and O–H groups in total. The van der Waals surface area contributed by atoms with Crippen LogP contribution in [0.5, 0.6) is 11.5 Å². The minimum Gasteiger partial charge on any atom is -0.504 e. The highest BCUT2D eigenvalue weighted by Crippen LogP contribution is 2.29. The lowest BCUT2D eigenvalue weighted by molar-refractivity contribution is 0.259. The fraction of sp³-hybridized carbons (Fsp3) is 0.625. The Hall–Kier alpha value is -1.26. The molecular weight excluding hydrogens is 252 g/mol. The Kier molecular flexibility index (Phi) is 5.68. The van der Waals surface area contributed by atoms with Crippen LogP contribution >= 0.6 is 0 Å². The van der Waals surface area contributed by atoms with Gasteiger partial charge in [-0.15, -0.1) is 0 Å². The molecule has 1 atom stereocenters. The van der Waals surface area contributed by atoms with Gasteiger partial charge in [-0.25, -0.2) is 0 Å². The average Bonchev–Trinajstić information content (AvgIpc) is 2.90. The average molecular weight is 278 g/mol. The maximum absolute atomic E-state index is 10.1. The van der Waals surface area contributed by atoms with E-state index in [4.69, 9.17) is 4.74 Å². The van der Waals surface area contributed by atoms with Crippen LogP contribution in [0.4, 0.5) is 0 Å². The van der Waals surface area contributed by atoms with Crippen molar-refractivity contribution >= 4 is 0 Å². The third-order valence-corrected chi connectivity index (χ3v) is 3.98. The van der Waals surface area contributed by atoms with Crippen molar-refractivity contribution in [3.63, 3.8) is 0 Å². The smallest absolute Gasteiger partial charge is 0.162 e. The Bertz CT molecular complexity index is 423. The molecule has 1 fully saturated rings. The molecule has 1 unspecified atom stereocenters. The Balaban J connectivity index is 1.86. The van der Waals surface area contributed by atoms with E-state index in [1.807, 2.05) is 19.1 Å². The van der Waals surface area contributed by atoms with Crippen molar-refractivity contribution in [1.82, 2.24) is 10.2 Å². The van der Waals surface area contributed by atoms with Crippen LogP contribution in [0.3, 0.4) is 0 Å². The van der Waals surface area contributed by atoms with Crippen LogP contribution in [-0.4, -0.2) is 42.3 Å². The van der Waals surface area contributed by atoms with Gasteiger partial charge in [0.1, 0.15) is 0 Å². The molecule has 112 valence electrons. The quantitative estimate of drug-likeness (QED) is 0.804. The third kappa shape index (κ3) is 3.64. The van der Waals surface area contributed by atoms with Gasteiger partial charge in [0.2, 0.25) is 0 Å². The summed E-state index contributed by atoms with van der Waals surface area (Å²) in [6.07, 6.45) is 2.57. The van der Waals surface area contributed by atoms with Crippen molar-refractivity contribution in [3.05, 3.63) is 23.8 Å². The molecule has 1 heterocycles. The van der Waals surface area contributed by atoms with Crippen LogP contribution in [0.25, 0.3) is 0 Å². The lowest BCUT2D eigenvalue weighted by Crippen LogP contribution is -2.37. The van der Waals surface area contributed by atoms with Crippen LogP contribution < -0.4 is 10.1 Å². The highest BCUT2D eigenvalue weighted by atomic mass is 16.5. The van der Waals surface area contributed by atoms with Crippen molar-refractivity contribution in [2.24, 2.45) is 0 Å². The predicted octanol–water partition coefficient (Wildman–Crippen LogP) is 2.36. The monoisotopic (exact) mass is 278 g/mol. The van der Waals surface area contributed by atoms with Crippen LogP contribution in [0.15, 0.2) is 18.2 Å². The number of likely N-dealkylation sites (N-methyl/N-ethyl adjacent to an activating group) is 1. The number of benzene rings is 1. The number of hydrogen-bond acceptors (Lipinski definition) is 4. The number of aromatic hydroxyl groups is 1. The lowest BCUT2D eigenvalue weighted by Gasteiger charge is -2.23. The van der Waals surface area contributed by atoms with Crippen LogP contribution in [0.2, 0.25) is 0 Å². The molecule has 0 saturated carbocycles. The molecule has 4 heteroatoms. The van der Waals surface area contributed by atoms with Gasteiger partial charge in [-0.1, -0.05) is 19.1 Å². The van der Waals surface area contributed by atoms with Crippen molar-refractivity contribution < 1.29 is 9.84 Å². The van der Waals surface area contributed by atoms with Gasteiger partial charge in [0.05, 0.1) is 6.61 Å². The first-order chi connectivity index (χ1) is 9.76. The van der Waals surface area contributed by atoms with E-state index >= 15 is 0 Å². The number of likely N-dealkylation sites (tertiary alicyclic amines) is 1. The van der Waals surface area contributed by atoms with E-state index in [9.17, 15) is 5.11 Å². The number of nitrogens with one attached hydrogen (secondary N) is 1. The molecule has 0 aromatic heterocycles. The molecule has 1 aliphatic heterocycles. The zero-order valence-electron chi connectivity index (χ0n) is 12.6. The number of phenolic OH excluding ortho intramolecular Hbond substituents is 1. The second-order valence-electron chi connectivity index (χ2n) is 5.25. The molecule has 4 nitrogen and oxygen atoms in total. The zero-order chi connectivity index (χ0) is 14.4. The van der Waals surface area contributed by atoms with E-state index in [2.05, 4.69) is 17.1 Å². The first-order valence-electron chi connectivity index (χ1n) is 7.64. The Morgan fingerprint density at radius 1 is 1.40 bits per heavy atom. The molecule has 0 radical (unpaired) electrons. The lowest BCUT2D eigenvalue weighted by atomic mass is 10.1. The maximum Gasteiger partial charge on any atom is 0.162 e. The van der Waals surface area contributed by atoms with Gasteiger partial charge < -0.3 is 15.2 Å². The molecule has 0 amide bonds. The highest BCUT2D eigenvalue weighted by molar-refractivity contribution is 5.45. The van der Waals surface area contributed by atoms with Gasteiger partial charge in [0.15, 0.2) is 11.5 Å². The highest BCUT2D eigenvalue weighted by Gasteiger charge is 2.22. The minimum absolute atomic E-state index is 0.264. The number of nitrogens with zero attached hydrogens (tertiary/aromatic N) is 1. The largest absolute Gasteiger partial charge is 0.504 e. The molecule has 0 bridgehead atoms. The molecule has 1 aromatic carbocycles. The number of para-hydroxylation sites is 1. The normalized spacial score (nSPS) is 19.4. The predicted molar refractivity (Wildman–Crippen MR) is 81.3 cm³/mol. The molecule has 2 rings (SSSR count). The zero-order valence-corrected chi connectivity index (χ0v) is 12.6.